The van der Waals surface area contributed by atoms with Crippen LogP contribution < -0.4 is 20.1 Å². The number of ether oxygens (including phenoxy) is 4. The molecule has 1 heterocycles. The summed E-state index contributed by atoms with van der Waals surface area (Å²) in [5, 5.41) is 37.5. The van der Waals surface area contributed by atoms with E-state index < -0.39 is 28.9 Å². The molecule has 0 saturated heterocycles. The molecule has 222 valence electrons. The number of hydrogen-bond acceptors (Lipinski definition) is 12. The Bertz CT molecular complexity index is 1400. The summed E-state index contributed by atoms with van der Waals surface area (Å²) >= 11 is 0. The van der Waals surface area contributed by atoms with E-state index in [1.165, 1.54) is 25.1 Å². The predicted molar refractivity (Wildman–Crippen MR) is 149 cm³/mol. The molecule has 3 rings (SSSR count). The van der Waals surface area contributed by atoms with Crippen molar-refractivity contribution in [1.82, 2.24) is 10.6 Å². The summed E-state index contributed by atoms with van der Waals surface area (Å²) < 4.78 is 21.6. The van der Waals surface area contributed by atoms with Crippen molar-refractivity contribution in [1.29, 1.82) is 5.26 Å². The van der Waals surface area contributed by atoms with Crippen molar-refractivity contribution in [3.63, 3.8) is 0 Å². The zero-order valence-electron chi connectivity index (χ0n) is 23.4. The minimum atomic E-state index is -1.27. The first kappa shape index (κ1) is 31.6. The molecule has 0 spiro atoms. The number of dihydropyridines is 1. The first-order valence-electron chi connectivity index (χ1n) is 13.1. The summed E-state index contributed by atoms with van der Waals surface area (Å²) in [6.45, 7) is 3.77. The number of esters is 2. The van der Waals surface area contributed by atoms with Crippen molar-refractivity contribution in [2.75, 3.05) is 40.0 Å². The molecule has 0 fully saturated rings. The molecule has 2 aromatic rings. The molecule has 1 aliphatic heterocycles. The zero-order chi connectivity index (χ0) is 30.6. The Morgan fingerprint density at radius 2 is 1.90 bits per heavy atom. The average Bonchev–Trinajstić information content (AvgIpc) is 2.99. The molecule has 0 saturated carbocycles. The highest BCUT2D eigenvalue weighted by Gasteiger charge is 2.41. The van der Waals surface area contributed by atoms with Crippen LogP contribution >= 0.6 is 0 Å². The third-order valence-corrected chi connectivity index (χ3v) is 6.19. The third-order valence-electron chi connectivity index (χ3n) is 6.19. The van der Waals surface area contributed by atoms with Gasteiger partial charge in [0.2, 0.25) is 0 Å². The number of nitrogens with one attached hydrogen (secondary N) is 2. The largest absolute Gasteiger partial charge is 0.492 e. The van der Waals surface area contributed by atoms with E-state index in [9.17, 15) is 30.1 Å². The number of carbonyl (C=O) groups excluding carboxylic acids is 2. The first-order chi connectivity index (χ1) is 20.2. The van der Waals surface area contributed by atoms with Gasteiger partial charge in [0.15, 0.2) is 0 Å². The second-order valence-electron chi connectivity index (χ2n) is 9.02. The van der Waals surface area contributed by atoms with Gasteiger partial charge in [-0.1, -0.05) is 18.2 Å². The van der Waals surface area contributed by atoms with Crippen LogP contribution in [-0.2, 0) is 19.1 Å². The third kappa shape index (κ3) is 7.84. The van der Waals surface area contributed by atoms with Crippen molar-refractivity contribution in [3.05, 3.63) is 86.7 Å². The molecule has 2 atom stereocenters. The number of nitro benzene ring substituents is 1. The normalized spacial score (nSPS) is 15.3. The van der Waals surface area contributed by atoms with Crippen LogP contribution in [0, 0.1) is 21.4 Å². The number of methoxy groups -OCH3 is 1. The predicted octanol–water partition coefficient (Wildman–Crippen LogP) is 2.48. The Morgan fingerprint density at radius 3 is 2.55 bits per heavy atom. The van der Waals surface area contributed by atoms with Gasteiger partial charge in [-0.15, -0.1) is 0 Å². The minimum Gasteiger partial charge on any atom is -0.492 e. The van der Waals surface area contributed by atoms with Crippen molar-refractivity contribution in [2.24, 2.45) is 0 Å². The number of benzene rings is 2. The Labute approximate surface area is 242 Å². The molecule has 2 unspecified atom stereocenters. The van der Waals surface area contributed by atoms with Gasteiger partial charge in [-0.05, 0) is 32.0 Å². The molecule has 0 radical (unpaired) electrons. The Kier molecular flexibility index (Phi) is 11.4. The van der Waals surface area contributed by atoms with E-state index in [1.54, 1.807) is 19.1 Å². The van der Waals surface area contributed by atoms with Gasteiger partial charge in [-0.3, -0.25) is 10.1 Å². The average molecular weight is 581 g/mol. The van der Waals surface area contributed by atoms with Crippen molar-refractivity contribution in [3.8, 4) is 17.6 Å². The fraction of sp³-hybridized carbons (Fsp3) is 0.345. The topological polar surface area (TPSA) is 182 Å². The Morgan fingerprint density at radius 1 is 1.17 bits per heavy atom. The van der Waals surface area contributed by atoms with Crippen LogP contribution in [0.25, 0.3) is 0 Å². The molecule has 13 heteroatoms. The van der Waals surface area contributed by atoms with Gasteiger partial charge in [0.25, 0.3) is 5.69 Å². The number of nitrogens with zero attached hydrogens (tertiary/aromatic N) is 2. The first-order valence-corrected chi connectivity index (χ1v) is 13.1. The number of para-hydroxylation sites is 1. The van der Waals surface area contributed by atoms with Gasteiger partial charge in [0, 0.05) is 36.5 Å². The van der Waals surface area contributed by atoms with Gasteiger partial charge in [0.1, 0.15) is 42.6 Å². The summed E-state index contributed by atoms with van der Waals surface area (Å²) in [6.07, 6.45) is -0.799. The lowest BCUT2D eigenvalue weighted by molar-refractivity contribution is -0.384. The highest BCUT2D eigenvalue weighted by Crippen LogP contribution is 2.44. The molecule has 42 heavy (non-hydrogen) atoms. The highest BCUT2D eigenvalue weighted by molar-refractivity contribution is 6.00. The van der Waals surface area contributed by atoms with Crippen LogP contribution in [0.2, 0.25) is 0 Å². The Balaban J connectivity index is 1.85. The minimum absolute atomic E-state index is 0.0247. The lowest BCUT2D eigenvalue weighted by atomic mass is 9.79. The maximum absolute atomic E-state index is 13.1. The molecule has 0 aromatic heterocycles. The van der Waals surface area contributed by atoms with E-state index in [1.807, 2.05) is 24.3 Å². The van der Waals surface area contributed by atoms with Crippen molar-refractivity contribution >= 4 is 17.6 Å². The number of nitro groups is 1. The zero-order valence-corrected chi connectivity index (χ0v) is 23.4. The van der Waals surface area contributed by atoms with Crippen LogP contribution in [0.15, 0.2) is 71.1 Å². The Hall–Kier alpha value is -4.93. The number of carbonyl (C=O) groups is 2. The maximum Gasteiger partial charge on any atom is 0.337 e. The highest BCUT2D eigenvalue weighted by atomic mass is 16.6. The molecular weight excluding hydrogens is 548 g/mol. The quantitative estimate of drug-likeness (QED) is 0.129. The fourth-order valence-electron chi connectivity index (χ4n) is 4.31. The molecule has 0 bridgehead atoms. The van der Waals surface area contributed by atoms with Gasteiger partial charge >= 0.3 is 11.9 Å². The molecule has 3 N–H and O–H groups in total. The van der Waals surface area contributed by atoms with Crippen molar-refractivity contribution < 1.29 is 38.6 Å². The summed E-state index contributed by atoms with van der Waals surface area (Å²) in [5.41, 5.74) is -0.423. The van der Waals surface area contributed by atoms with Crippen LogP contribution in [0.4, 0.5) is 5.69 Å². The molecular formula is C29H32N4O9. The van der Waals surface area contributed by atoms with Gasteiger partial charge in [-0.2, -0.15) is 5.26 Å². The molecule has 0 aliphatic carbocycles. The summed E-state index contributed by atoms with van der Waals surface area (Å²) in [7, 11) is 1.12. The van der Waals surface area contributed by atoms with Crippen LogP contribution in [-0.4, -0.2) is 68.1 Å². The van der Waals surface area contributed by atoms with E-state index in [2.05, 4.69) is 10.6 Å². The number of non-ortho nitro benzene ring substituents is 1. The lowest BCUT2D eigenvalue weighted by Crippen LogP contribution is -2.34. The maximum atomic E-state index is 13.1. The van der Waals surface area contributed by atoms with Crippen molar-refractivity contribution in [2.45, 2.75) is 25.9 Å². The number of hydrogen-bond donors (Lipinski definition) is 3. The fourth-order valence-corrected chi connectivity index (χ4v) is 4.31. The molecule has 13 nitrogen and oxygen atoms in total. The van der Waals surface area contributed by atoms with E-state index in [-0.39, 0.29) is 72.5 Å². The number of aliphatic hydroxyl groups excluding tert-OH is 1. The van der Waals surface area contributed by atoms with E-state index >= 15 is 0 Å². The second-order valence-corrected chi connectivity index (χ2v) is 9.02. The van der Waals surface area contributed by atoms with Crippen LogP contribution in [0.1, 0.15) is 25.3 Å². The van der Waals surface area contributed by atoms with Crippen LogP contribution in [0.5, 0.6) is 11.5 Å². The number of rotatable bonds is 14. The standard InChI is InChI=1S/C29H32N4O9/c1-4-40-29(36)25-18(2)32-23(15-30)27(28(35)39-3)26(25)22-14-19(33(37)38)10-11-24(22)41-13-12-31-16-20(34)17-42-21-8-6-5-7-9-21/h5-11,14,20,26,31-32,34H,4,12-13,16-17H2,1-3H3. The van der Waals surface area contributed by atoms with Crippen LogP contribution in [0.3, 0.4) is 0 Å². The van der Waals surface area contributed by atoms with Gasteiger partial charge < -0.3 is 34.7 Å². The van der Waals surface area contributed by atoms with E-state index in [4.69, 9.17) is 18.9 Å². The smallest absolute Gasteiger partial charge is 0.337 e. The SMILES string of the molecule is CCOC(=O)C1=C(C)NC(C#N)=C(C(=O)OC)C1c1cc([N+](=O)[O-])ccc1OCCNCC(O)COc1ccccc1. The summed E-state index contributed by atoms with van der Waals surface area (Å²) in [5.74, 6) is -2.20. The summed E-state index contributed by atoms with van der Waals surface area (Å²) in [6, 6.07) is 14.7. The van der Waals surface area contributed by atoms with E-state index in [0.717, 1.165) is 7.11 Å². The van der Waals surface area contributed by atoms with E-state index in [0.29, 0.717) is 5.75 Å². The number of allylic oxidation sites excluding steroid dienone is 2. The molecule has 1 aliphatic rings. The monoisotopic (exact) mass is 580 g/mol. The molecule has 0 amide bonds. The second kappa shape index (κ2) is 15.2. The lowest BCUT2D eigenvalue weighted by Gasteiger charge is -2.30. The number of aliphatic hydroxyl groups is 1. The van der Waals surface area contributed by atoms with Gasteiger partial charge in [0.05, 0.1) is 35.7 Å². The number of nitriles is 1. The summed E-state index contributed by atoms with van der Waals surface area (Å²) in [4.78, 5) is 37.1. The molecule has 2 aromatic carbocycles. The van der Waals surface area contributed by atoms with Gasteiger partial charge in [-0.25, -0.2) is 9.59 Å².